The number of carbonyl (C=O) groups is 1. The zero-order valence-electron chi connectivity index (χ0n) is 9.92. The van der Waals surface area contributed by atoms with Crippen LogP contribution in [0.1, 0.15) is 12.5 Å². The van der Waals surface area contributed by atoms with E-state index in [-0.39, 0.29) is 5.91 Å². The zero-order valence-corrected chi connectivity index (χ0v) is 9.92. The molecule has 0 aliphatic rings. The van der Waals surface area contributed by atoms with E-state index in [2.05, 4.69) is 25.9 Å². The summed E-state index contributed by atoms with van der Waals surface area (Å²) in [7, 11) is 0. The van der Waals surface area contributed by atoms with Crippen molar-refractivity contribution in [1.82, 2.24) is 25.9 Å². The van der Waals surface area contributed by atoms with Crippen LogP contribution >= 0.6 is 0 Å². The standard InChI is InChI=1S/C11H14N6O/c1-7(12)11(18)13-6-8-2-4-9(5-3-8)10-14-16-17-15-10/h2-5,7H,6,12H2,1H3,(H,13,18)(H,14,15,16,17)/t7-/m0/s1. The number of nitrogens with two attached hydrogens (primary N) is 1. The molecule has 18 heavy (non-hydrogen) atoms. The van der Waals surface area contributed by atoms with Crippen LogP contribution in [0.3, 0.4) is 0 Å². The summed E-state index contributed by atoms with van der Waals surface area (Å²) in [4.78, 5) is 11.3. The molecule has 4 N–H and O–H groups in total. The molecule has 7 nitrogen and oxygen atoms in total. The highest BCUT2D eigenvalue weighted by molar-refractivity contribution is 5.80. The van der Waals surface area contributed by atoms with Gasteiger partial charge in [-0.3, -0.25) is 4.79 Å². The first-order chi connectivity index (χ1) is 8.66. The van der Waals surface area contributed by atoms with Crippen LogP contribution in [0.5, 0.6) is 0 Å². The molecule has 1 aromatic heterocycles. The third kappa shape index (κ3) is 2.89. The Morgan fingerprint density at radius 2 is 2.17 bits per heavy atom. The summed E-state index contributed by atoms with van der Waals surface area (Å²) < 4.78 is 0. The van der Waals surface area contributed by atoms with E-state index >= 15 is 0 Å². The van der Waals surface area contributed by atoms with E-state index in [1.165, 1.54) is 0 Å². The van der Waals surface area contributed by atoms with Crippen molar-refractivity contribution in [2.24, 2.45) is 5.73 Å². The average Bonchev–Trinajstić information content (AvgIpc) is 2.90. The summed E-state index contributed by atoms with van der Waals surface area (Å²) in [5.41, 5.74) is 7.30. The molecule has 0 spiro atoms. The molecule has 7 heteroatoms. The fourth-order valence-corrected chi connectivity index (χ4v) is 1.41. The lowest BCUT2D eigenvalue weighted by Gasteiger charge is -2.07. The average molecular weight is 246 g/mol. The van der Waals surface area contributed by atoms with Crippen molar-refractivity contribution in [2.45, 2.75) is 19.5 Å². The number of amides is 1. The highest BCUT2D eigenvalue weighted by Gasteiger charge is 2.06. The van der Waals surface area contributed by atoms with Crippen LogP contribution < -0.4 is 11.1 Å². The van der Waals surface area contributed by atoms with Crippen molar-refractivity contribution >= 4 is 5.91 Å². The van der Waals surface area contributed by atoms with Gasteiger partial charge >= 0.3 is 0 Å². The Morgan fingerprint density at radius 1 is 1.44 bits per heavy atom. The number of aromatic nitrogens is 4. The van der Waals surface area contributed by atoms with Crippen molar-refractivity contribution in [3.05, 3.63) is 29.8 Å². The largest absolute Gasteiger partial charge is 0.351 e. The molecule has 0 radical (unpaired) electrons. The van der Waals surface area contributed by atoms with Crippen LogP contribution in [0.15, 0.2) is 24.3 Å². The van der Waals surface area contributed by atoms with Gasteiger partial charge in [0.15, 0.2) is 0 Å². The lowest BCUT2D eigenvalue weighted by Crippen LogP contribution is -2.37. The van der Waals surface area contributed by atoms with E-state index < -0.39 is 6.04 Å². The molecule has 1 heterocycles. The minimum Gasteiger partial charge on any atom is -0.351 e. The topological polar surface area (TPSA) is 110 Å². The highest BCUT2D eigenvalue weighted by atomic mass is 16.2. The van der Waals surface area contributed by atoms with Crippen LogP contribution in [-0.4, -0.2) is 32.6 Å². The number of hydrogen-bond donors (Lipinski definition) is 3. The number of rotatable bonds is 4. The van der Waals surface area contributed by atoms with E-state index in [9.17, 15) is 4.79 Å². The quantitative estimate of drug-likeness (QED) is 0.693. The fourth-order valence-electron chi connectivity index (χ4n) is 1.41. The lowest BCUT2D eigenvalue weighted by molar-refractivity contribution is -0.122. The Morgan fingerprint density at radius 3 is 2.72 bits per heavy atom. The van der Waals surface area contributed by atoms with Gasteiger partial charge in [0.25, 0.3) is 0 Å². The van der Waals surface area contributed by atoms with Gasteiger partial charge in [0.1, 0.15) is 0 Å². The molecule has 0 aliphatic carbocycles. The second kappa shape index (κ2) is 5.37. The molecular formula is C11H14N6O. The Hall–Kier alpha value is -2.28. The number of nitrogens with one attached hydrogen (secondary N) is 2. The monoisotopic (exact) mass is 246 g/mol. The third-order valence-electron chi connectivity index (χ3n) is 2.44. The van der Waals surface area contributed by atoms with Gasteiger partial charge < -0.3 is 11.1 Å². The minimum absolute atomic E-state index is 0.169. The molecule has 0 saturated carbocycles. The van der Waals surface area contributed by atoms with Gasteiger partial charge in [0, 0.05) is 12.1 Å². The maximum absolute atomic E-state index is 11.3. The number of aromatic amines is 1. The van der Waals surface area contributed by atoms with Gasteiger partial charge in [-0.25, -0.2) is 0 Å². The van der Waals surface area contributed by atoms with Gasteiger partial charge in [-0.2, -0.15) is 5.21 Å². The summed E-state index contributed by atoms with van der Waals surface area (Å²) in [5, 5.41) is 16.4. The Kier molecular flexibility index (Phi) is 3.63. The summed E-state index contributed by atoms with van der Waals surface area (Å²) in [6.45, 7) is 2.10. The summed E-state index contributed by atoms with van der Waals surface area (Å²) in [5.74, 6) is 0.374. The number of benzene rings is 1. The van der Waals surface area contributed by atoms with Crippen LogP contribution in [0.4, 0.5) is 0 Å². The molecule has 1 atom stereocenters. The molecule has 2 rings (SSSR count). The lowest BCUT2D eigenvalue weighted by atomic mass is 10.1. The predicted octanol–water partition coefficient (Wildman–Crippen LogP) is -0.170. The van der Waals surface area contributed by atoms with E-state index in [0.717, 1.165) is 11.1 Å². The molecular weight excluding hydrogens is 232 g/mol. The summed E-state index contributed by atoms with van der Waals surface area (Å²) in [6, 6.07) is 7.04. The van der Waals surface area contributed by atoms with E-state index in [4.69, 9.17) is 5.73 Å². The number of H-pyrrole nitrogens is 1. The van der Waals surface area contributed by atoms with E-state index in [1.807, 2.05) is 24.3 Å². The molecule has 1 aromatic carbocycles. The smallest absolute Gasteiger partial charge is 0.236 e. The molecule has 1 amide bonds. The van der Waals surface area contributed by atoms with E-state index in [0.29, 0.717) is 12.4 Å². The van der Waals surface area contributed by atoms with Crippen LogP contribution in [-0.2, 0) is 11.3 Å². The Balaban J connectivity index is 1.98. The SMILES string of the molecule is C[C@H](N)C(=O)NCc1ccc(-c2nn[nH]n2)cc1. The van der Waals surface area contributed by atoms with Crippen molar-refractivity contribution in [3.63, 3.8) is 0 Å². The molecule has 0 saturated heterocycles. The van der Waals surface area contributed by atoms with Gasteiger partial charge in [0.2, 0.25) is 11.7 Å². The van der Waals surface area contributed by atoms with Gasteiger partial charge in [-0.05, 0) is 17.7 Å². The normalized spacial score (nSPS) is 12.1. The number of tetrazole rings is 1. The number of hydrogen-bond acceptors (Lipinski definition) is 5. The van der Waals surface area contributed by atoms with Gasteiger partial charge in [-0.1, -0.05) is 24.3 Å². The maximum Gasteiger partial charge on any atom is 0.236 e. The predicted molar refractivity (Wildman–Crippen MR) is 65.1 cm³/mol. The van der Waals surface area contributed by atoms with Crippen molar-refractivity contribution in [3.8, 4) is 11.4 Å². The first-order valence-electron chi connectivity index (χ1n) is 5.53. The third-order valence-corrected chi connectivity index (χ3v) is 2.44. The second-order valence-corrected chi connectivity index (χ2v) is 3.94. The van der Waals surface area contributed by atoms with Crippen LogP contribution in [0, 0.1) is 0 Å². The van der Waals surface area contributed by atoms with Crippen LogP contribution in [0.2, 0.25) is 0 Å². The van der Waals surface area contributed by atoms with Gasteiger partial charge in [-0.15, -0.1) is 10.2 Å². The fraction of sp³-hybridized carbons (Fsp3) is 0.273. The molecule has 0 bridgehead atoms. The van der Waals surface area contributed by atoms with Gasteiger partial charge in [0.05, 0.1) is 6.04 Å². The zero-order chi connectivity index (χ0) is 13.0. The van der Waals surface area contributed by atoms with Crippen molar-refractivity contribution in [2.75, 3.05) is 0 Å². The Bertz CT molecular complexity index is 505. The summed E-state index contributed by atoms with van der Waals surface area (Å²) in [6.07, 6.45) is 0. The molecule has 0 aliphatic heterocycles. The highest BCUT2D eigenvalue weighted by Crippen LogP contribution is 2.13. The molecule has 0 unspecified atom stereocenters. The maximum atomic E-state index is 11.3. The number of carbonyl (C=O) groups excluding carboxylic acids is 1. The van der Waals surface area contributed by atoms with E-state index in [1.54, 1.807) is 6.92 Å². The minimum atomic E-state index is -0.497. The van der Waals surface area contributed by atoms with Crippen molar-refractivity contribution in [1.29, 1.82) is 0 Å². The molecule has 94 valence electrons. The summed E-state index contributed by atoms with van der Waals surface area (Å²) >= 11 is 0. The first-order valence-corrected chi connectivity index (χ1v) is 5.53. The van der Waals surface area contributed by atoms with Crippen molar-refractivity contribution < 1.29 is 4.79 Å². The molecule has 2 aromatic rings. The number of nitrogens with zero attached hydrogens (tertiary/aromatic N) is 3. The van der Waals surface area contributed by atoms with Crippen LogP contribution in [0.25, 0.3) is 11.4 Å². The molecule has 0 fully saturated rings. The Labute approximate surface area is 104 Å². The first kappa shape index (κ1) is 12.2. The second-order valence-electron chi connectivity index (χ2n) is 3.94.